The summed E-state index contributed by atoms with van der Waals surface area (Å²) in [6.07, 6.45) is 0.752. The Morgan fingerprint density at radius 3 is 2.42 bits per heavy atom. The lowest BCUT2D eigenvalue weighted by atomic mass is 10.2. The van der Waals surface area contributed by atoms with Crippen LogP contribution in [0, 0.1) is 0 Å². The molecule has 0 aliphatic rings. The summed E-state index contributed by atoms with van der Waals surface area (Å²) in [5, 5.41) is 5.63. The van der Waals surface area contributed by atoms with E-state index in [-0.39, 0.29) is 5.91 Å². The summed E-state index contributed by atoms with van der Waals surface area (Å²) in [6, 6.07) is 7.95. The van der Waals surface area contributed by atoms with E-state index in [1.54, 1.807) is 45.0 Å². The highest BCUT2D eigenvalue weighted by Gasteiger charge is 2.18. The van der Waals surface area contributed by atoms with Crippen molar-refractivity contribution in [3.8, 4) is 5.75 Å². The molecule has 1 aromatic carbocycles. The Morgan fingerprint density at radius 1 is 1.12 bits per heavy atom. The van der Waals surface area contributed by atoms with Crippen LogP contribution >= 0.6 is 11.6 Å². The third-order valence-corrected chi connectivity index (χ3v) is 3.31. The fraction of sp³-hybridized carbons (Fsp3) is 0.278. The molecule has 0 saturated carbocycles. The highest BCUT2D eigenvalue weighted by Crippen LogP contribution is 2.28. The first-order valence-corrected chi connectivity index (χ1v) is 8.17. The third kappa shape index (κ3) is 5.63. The van der Waals surface area contributed by atoms with Gasteiger partial charge in [0.05, 0.1) is 18.4 Å². The Morgan fingerprint density at radius 2 is 1.85 bits per heavy atom. The van der Waals surface area contributed by atoms with E-state index in [1.165, 1.54) is 19.4 Å². The number of aromatic nitrogens is 1. The van der Waals surface area contributed by atoms with Crippen molar-refractivity contribution in [2.45, 2.75) is 26.4 Å². The van der Waals surface area contributed by atoms with Gasteiger partial charge in [-0.25, -0.2) is 9.78 Å². The molecule has 26 heavy (non-hydrogen) atoms. The maximum atomic E-state index is 12.3. The summed E-state index contributed by atoms with van der Waals surface area (Å²) >= 11 is 5.72. The smallest absolute Gasteiger partial charge is 0.412 e. The molecule has 0 unspecified atom stereocenters. The van der Waals surface area contributed by atoms with Crippen molar-refractivity contribution in [3.63, 3.8) is 0 Å². The van der Waals surface area contributed by atoms with E-state index in [9.17, 15) is 9.59 Å². The Kier molecular flexibility index (Phi) is 6.05. The minimum Gasteiger partial charge on any atom is -0.495 e. The highest BCUT2D eigenvalue weighted by molar-refractivity contribution is 6.29. The van der Waals surface area contributed by atoms with Crippen molar-refractivity contribution in [2.24, 2.45) is 0 Å². The molecule has 0 fully saturated rings. The number of benzene rings is 1. The second kappa shape index (κ2) is 8.05. The van der Waals surface area contributed by atoms with E-state index in [0.29, 0.717) is 27.8 Å². The van der Waals surface area contributed by atoms with Gasteiger partial charge in [0, 0.05) is 11.9 Å². The quantitative estimate of drug-likeness (QED) is 0.773. The van der Waals surface area contributed by atoms with Gasteiger partial charge in [-0.15, -0.1) is 0 Å². The van der Waals surface area contributed by atoms with Crippen LogP contribution in [0.2, 0.25) is 5.15 Å². The molecule has 0 bridgehead atoms. The zero-order valence-corrected chi connectivity index (χ0v) is 15.7. The van der Waals surface area contributed by atoms with Crippen LogP contribution in [0.1, 0.15) is 31.1 Å². The molecular formula is C18H20ClN3O4. The fourth-order valence-corrected chi connectivity index (χ4v) is 2.12. The normalized spacial score (nSPS) is 10.8. The summed E-state index contributed by atoms with van der Waals surface area (Å²) < 4.78 is 10.5. The third-order valence-electron chi connectivity index (χ3n) is 3.08. The maximum absolute atomic E-state index is 12.3. The van der Waals surface area contributed by atoms with E-state index in [4.69, 9.17) is 21.1 Å². The van der Waals surface area contributed by atoms with Crippen LogP contribution in [0.15, 0.2) is 36.5 Å². The SMILES string of the molecule is COc1ccc(NC(=O)c2ccc(Cl)nc2)cc1NC(=O)OC(C)(C)C. The van der Waals surface area contributed by atoms with Crippen molar-refractivity contribution in [1.82, 2.24) is 4.98 Å². The molecule has 138 valence electrons. The van der Waals surface area contributed by atoms with Crippen molar-refractivity contribution < 1.29 is 19.1 Å². The molecule has 7 nitrogen and oxygen atoms in total. The molecule has 2 amide bonds. The molecule has 1 aromatic heterocycles. The first-order valence-electron chi connectivity index (χ1n) is 7.79. The summed E-state index contributed by atoms with van der Waals surface area (Å²) in [5.41, 5.74) is 0.558. The Hall–Kier alpha value is -2.80. The van der Waals surface area contributed by atoms with Gasteiger partial charge in [0.2, 0.25) is 0 Å². The van der Waals surface area contributed by atoms with Gasteiger partial charge in [-0.3, -0.25) is 10.1 Å². The van der Waals surface area contributed by atoms with Crippen LogP contribution in [0.3, 0.4) is 0 Å². The lowest BCUT2D eigenvalue weighted by molar-refractivity contribution is 0.0635. The number of ether oxygens (including phenoxy) is 2. The molecule has 0 saturated heterocycles. The van der Waals surface area contributed by atoms with Gasteiger partial charge in [0.25, 0.3) is 5.91 Å². The highest BCUT2D eigenvalue weighted by atomic mass is 35.5. The van der Waals surface area contributed by atoms with E-state index < -0.39 is 11.7 Å². The maximum Gasteiger partial charge on any atom is 0.412 e. The number of hydrogen-bond donors (Lipinski definition) is 2. The van der Waals surface area contributed by atoms with Crippen LogP contribution < -0.4 is 15.4 Å². The summed E-state index contributed by atoms with van der Waals surface area (Å²) in [7, 11) is 1.48. The minimum absolute atomic E-state index is 0.301. The van der Waals surface area contributed by atoms with Gasteiger partial charge in [0.15, 0.2) is 0 Å². The number of rotatable bonds is 4. The molecule has 0 radical (unpaired) electrons. The molecule has 1 heterocycles. The zero-order chi connectivity index (χ0) is 19.3. The second-order valence-corrected chi connectivity index (χ2v) is 6.75. The summed E-state index contributed by atoms with van der Waals surface area (Å²) in [4.78, 5) is 28.1. The number of halogens is 1. The van der Waals surface area contributed by atoms with Crippen LogP contribution in [0.4, 0.5) is 16.2 Å². The Bertz CT molecular complexity index is 801. The van der Waals surface area contributed by atoms with Crippen molar-refractivity contribution in [1.29, 1.82) is 0 Å². The first-order chi connectivity index (χ1) is 12.2. The molecule has 2 rings (SSSR count). The van der Waals surface area contributed by atoms with Crippen LogP contribution in [0.5, 0.6) is 5.75 Å². The fourth-order valence-electron chi connectivity index (χ4n) is 2.01. The van der Waals surface area contributed by atoms with E-state index in [2.05, 4.69) is 15.6 Å². The topological polar surface area (TPSA) is 89.5 Å². The van der Waals surface area contributed by atoms with Crippen LogP contribution in [-0.4, -0.2) is 29.7 Å². The number of nitrogens with one attached hydrogen (secondary N) is 2. The Balaban J connectivity index is 2.16. The Labute approximate surface area is 156 Å². The average molecular weight is 378 g/mol. The summed E-state index contributed by atoms with van der Waals surface area (Å²) in [6.45, 7) is 5.29. The first kappa shape index (κ1) is 19.5. The number of carbonyl (C=O) groups excluding carboxylic acids is 2. The van der Waals surface area contributed by atoms with Gasteiger partial charge >= 0.3 is 6.09 Å². The monoisotopic (exact) mass is 377 g/mol. The van der Waals surface area contributed by atoms with Gasteiger partial charge in [0.1, 0.15) is 16.5 Å². The molecular weight excluding hydrogens is 358 g/mol. The van der Waals surface area contributed by atoms with Gasteiger partial charge in [-0.1, -0.05) is 11.6 Å². The molecule has 0 aliphatic heterocycles. The number of anilines is 2. The van der Waals surface area contributed by atoms with E-state index in [0.717, 1.165) is 0 Å². The number of carbonyl (C=O) groups is 2. The predicted octanol–water partition coefficient (Wildman–Crippen LogP) is 4.34. The minimum atomic E-state index is -0.634. The van der Waals surface area contributed by atoms with Crippen LogP contribution in [-0.2, 0) is 4.74 Å². The molecule has 0 spiro atoms. The lowest BCUT2D eigenvalue weighted by Crippen LogP contribution is -2.27. The lowest BCUT2D eigenvalue weighted by Gasteiger charge is -2.20. The van der Waals surface area contributed by atoms with Gasteiger partial charge in [-0.2, -0.15) is 0 Å². The average Bonchev–Trinajstić information content (AvgIpc) is 2.54. The van der Waals surface area contributed by atoms with Crippen LogP contribution in [0.25, 0.3) is 0 Å². The largest absolute Gasteiger partial charge is 0.495 e. The zero-order valence-electron chi connectivity index (χ0n) is 14.9. The van der Waals surface area contributed by atoms with E-state index in [1.807, 2.05) is 0 Å². The number of methoxy groups -OCH3 is 1. The molecule has 0 aliphatic carbocycles. The second-order valence-electron chi connectivity index (χ2n) is 6.37. The van der Waals surface area contributed by atoms with Gasteiger partial charge < -0.3 is 14.8 Å². The van der Waals surface area contributed by atoms with Crippen molar-refractivity contribution in [3.05, 3.63) is 47.2 Å². The van der Waals surface area contributed by atoms with Gasteiger partial charge in [-0.05, 0) is 51.1 Å². The number of amides is 2. The van der Waals surface area contributed by atoms with E-state index >= 15 is 0 Å². The van der Waals surface area contributed by atoms with Crippen molar-refractivity contribution in [2.75, 3.05) is 17.7 Å². The number of pyridine rings is 1. The molecule has 0 atom stereocenters. The molecule has 2 N–H and O–H groups in total. The number of nitrogens with zero attached hydrogens (tertiary/aromatic N) is 1. The predicted molar refractivity (Wildman–Crippen MR) is 100 cm³/mol. The standard InChI is InChI=1S/C18H20ClN3O4/c1-18(2,3)26-17(24)22-13-9-12(6-7-14(13)25-4)21-16(23)11-5-8-15(19)20-10-11/h5-10H,1-4H3,(H,21,23)(H,22,24). The summed E-state index contributed by atoms with van der Waals surface area (Å²) in [5.74, 6) is 0.0737. The molecule has 8 heteroatoms. The van der Waals surface area contributed by atoms with Crippen molar-refractivity contribution >= 4 is 35.0 Å². The molecule has 2 aromatic rings. The number of hydrogen-bond acceptors (Lipinski definition) is 5.